The molecule has 2 atom stereocenters. The monoisotopic (exact) mass is 343 g/mol. The topological polar surface area (TPSA) is 80.0 Å². The number of carbonyl (C=O) groups is 2. The van der Waals surface area contributed by atoms with Crippen LogP contribution in [0.1, 0.15) is 29.6 Å². The van der Waals surface area contributed by atoms with E-state index >= 15 is 0 Å². The number of benzene rings is 1. The number of hydrogen-bond acceptors (Lipinski definition) is 4. The number of para-hydroxylation sites is 1. The molecule has 3 heterocycles. The van der Waals surface area contributed by atoms with Crippen LogP contribution in [0.4, 0.5) is 0 Å². The maximum atomic E-state index is 12.8. The summed E-state index contributed by atoms with van der Waals surface area (Å²) in [5.74, 6) is -1.00. The van der Waals surface area contributed by atoms with Gasteiger partial charge in [-0.25, -0.2) is 0 Å². The van der Waals surface area contributed by atoms with E-state index in [0.717, 1.165) is 18.2 Å². The number of fused-ring (bicyclic) bond motifs is 1. The van der Waals surface area contributed by atoms with E-state index in [4.69, 9.17) is 9.15 Å². The lowest BCUT2D eigenvalue weighted by Gasteiger charge is -2.35. The molecule has 0 aliphatic carbocycles. The van der Waals surface area contributed by atoms with Gasteiger partial charge in [-0.15, -0.1) is 0 Å². The van der Waals surface area contributed by atoms with Crippen molar-refractivity contribution in [3.63, 3.8) is 0 Å². The quantitative estimate of drug-likeness (QED) is 0.927. The number of hydrogen-bond donors (Lipinski definition) is 1. The number of furan rings is 1. The minimum atomic E-state index is -0.772. The molecule has 2 saturated heterocycles. The van der Waals surface area contributed by atoms with E-state index in [-0.39, 0.29) is 17.9 Å². The molecule has 4 rings (SSSR count). The Morgan fingerprint density at radius 2 is 1.88 bits per heavy atom. The summed E-state index contributed by atoms with van der Waals surface area (Å²) in [7, 11) is 0. The van der Waals surface area contributed by atoms with E-state index in [2.05, 4.69) is 0 Å². The zero-order valence-electron chi connectivity index (χ0n) is 13.9. The largest absolute Gasteiger partial charge is 0.481 e. The number of ether oxygens (including phenoxy) is 1. The smallest absolute Gasteiger partial charge is 0.309 e. The highest BCUT2D eigenvalue weighted by atomic mass is 16.5. The minimum absolute atomic E-state index is 0.0227. The molecule has 0 bridgehead atoms. The standard InChI is InChI=1S/C19H21NO5/c21-18(15-11-25-16-4-2-1-3-13(15)16)20-8-5-12(6-9-20)17-14(19(22)23)7-10-24-17/h1-4,11-12,14,17H,5-10H2,(H,22,23)/t14?,17-/m0/s1. The molecule has 2 fully saturated rings. The molecule has 0 radical (unpaired) electrons. The molecule has 2 aliphatic rings. The number of rotatable bonds is 3. The Morgan fingerprint density at radius 3 is 2.64 bits per heavy atom. The van der Waals surface area contributed by atoms with Crippen LogP contribution in [0.2, 0.25) is 0 Å². The molecule has 0 saturated carbocycles. The fourth-order valence-corrected chi connectivity index (χ4v) is 4.08. The second-order valence-corrected chi connectivity index (χ2v) is 6.84. The van der Waals surface area contributed by atoms with E-state index in [1.165, 1.54) is 6.26 Å². The Balaban J connectivity index is 1.43. The molecular weight excluding hydrogens is 322 g/mol. The summed E-state index contributed by atoms with van der Waals surface area (Å²) in [6.45, 7) is 1.76. The summed E-state index contributed by atoms with van der Waals surface area (Å²) in [4.78, 5) is 26.0. The van der Waals surface area contributed by atoms with Crippen LogP contribution >= 0.6 is 0 Å². The fraction of sp³-hybridized carbons (Fsp3) is 0.474. The Kier molecular flexibility index (Phi) is 4.21. The van der Waals surface area contributed by atoms with Crippen LogP contribution in [-0.4, -0.2) is 47.7 Å². The second-order valence-electron chi connectivity index (χ2n) is 6.84. The molecule has 25 heavy (non-hydrogen) atoms. The molecule has 6 heteroatoms. The molecule has 1 aromatic heterocycles. The normalized spacial score (nSPS) is 24.7. The number of aliphatic carboxylic acids is 1. The molecule has 1 N–H and O–H groups in total. The van der Waals surface area contributed by atoms with Crippen LogP contribution in [0.5, 0.6) is 0 Å². The number of carbonyl (C=O) groups excluding carboxylic acids is 1. The second kappa shape index (κ2) is 6.52. The van der Waals surface area contributed by atoms with Crippen molar-refractivity contribution < 1.29 is 23.8 Å². The van der Waals surface area contributed by atoms with Crippen LogP contribution in [0.15, 0.2) is 34.9 Å². The van der Waals surface area contributed by atoms with Crippen molar-refractivity contribution in [2.45, 2.75) is 25.4 Å². The summed E-state index contributed by atoms with van der Waals surface area (Å²) < 4.78 is 11.2. The third-order valence-electron chi connectivity index (χ3n) is 5.46. The van der Waals surface area contributed by atoms with E-state index in [9.17, 15) is 14.7 Å². The van der Waals surface area contributed by atoms with Crippen molar-refractivity contribution in [1.29, 1.82) is 0 Å². The van der Waals surface area contributed by atoms with E-state index in [0.29, 0.717) is 37.3 Å². The highest BCUT2D eigenvalue weighted by Gasteiger charge is 2.41. The lowest BCUT2D eigenvalue weighted by molar-refractivity contribution is -0.145. The van der Waals surface area contributed by atoms with Gasteiger partial charge in [0.25, 0.3) is 5.91 Å². The number of likely N-dealkylation sites (tertiary alicyclic amines) is 1. The first-order valence-corrected chi connectivity index (χ1v) is 8.75. The van der Waals surface area contributed by atoms with Crippen molar-refractivity contribution in [1.82, 2.24) is 4.90 Å². The fourth-order valence-electron chi connectivity index (χ4n) is 4.08. The summed E-state index contributed by atoms with van der Waals surface area (Å²) >= 11 is 0. The van der Waals surface area contributed by atoms with Crippen molar-refractivity contribution in [2.24, 2.45) is 11.8 Å². The van der Waals surface area contributed by atoms with Crippen LogP contribution in [-0.2, 0) is 9.53 Å². The van der Waals surface area contributed by atoms with Crippen molar-refractivity contribution in [2.75, 3.05) is 19.7 Å². The molecule has 0 spiro atoms. The van der Waals surface area contributed by atoms with Crippen molar-refractivity contribution in [3.8, 4) is 0 Å². The van der Waals surface area contributed by atoms with Gasteiger partial charge < -0.3 is 19.2 Å². The van der Waals surface area contributed by atoms with Gasteiger partial charge in [-0.2, -0.15) is 0 Å². The molecule has 132 valence electrons. The lowest BCUT2D eigenvalue weighted by atomic mass is 9.84. The third kappa shape index (κ3) is 2.91. The summed E-state index contributed by atoms with van der Waals surface area (Å²) in [6.07, 6.45) is 3.44. The molecule has 1 amide bonds. The van der Waals surface area contributed by atoms with Crippen LogP contribution in [0, 0.1) is 11.8 Å². The van der Waals surface area contributed by atoms with Gasteiger partial charge in [0.2, 0.25) is 0 Å². The minimum Gasteiger partial charge on any atom is -0.481 e. The van der Waals surface area contributed by atoms with Crippen molar-refractivity contribution >= 4 is 22.8 Å². The number of nitrogens with zero attached hydrogens (tertiary/aromatic N) is 1. The summed E-state index contributed by atoms with van der Waals surface area (Å²) in [5.41, 5.74) is 1.30. The van der Waals surface area contributed by atoms with Gasteiger partial charge in [0.05, 0.1) is 17.6 Å². The SMILES string of the molecule is O=C(O)C1CCO[C@H]1C1CCN(C(=O)c2coc3ccccc23)CC1. The maximum absolute atomic E-state index is 12.8. The first-order chi connectivity index (χ1) is 12.1. The zero-order chi connectivity index (χ0) is 17.4. The van der Waals surface area contributed by atoms with E-state index in [1.807, 2.05) is 29.2 Å². The first-order valence-electron chi connectivity index (χ1n) is 8.75. The summed E-state index contributed by atoms with van der Waals surface area (Å²) in [5, 5.41) is 10.2. The van der Waals surface area contributed by atoms with Gasteiger partial charge in [-0.3, -0.25) is 9.59 Å². The summed E-state index contributed by atoms with van der Waals surface area (Å²) in [6, 6.07) is 7.51. The van der Waals surface area contributed by atoms with Gasteiger partial charge in [0.15, 0.2) is 0 Å². The van der Waals surface area contributed by atoms with Gasteiger partial charge >= 0.3 is 5.97 Å². The Hall–Kier alpha value is -2.34. The van der Waals surface area contributed by atoms with E-state index < -0.39 is 11.9 Å². The Bertz CT molecular complexity index is 790. The predicted octanol–water partition coefficient (Wildman–Crippen LogP) is 2.77. The number of amides is 1. The molecular formula is C19H21NO5. The maximum Gasteiger partial charge on any atom is 0.309 e. The zero-order valence-corrected chi connectivity index (χ0v) is 13.9. The lowest BCUT2D eigenvalue weighted by Crippen LogP contribution is -2.43. The number of carboxylic acids is 1. The average molecular weight is 343 g/mol. The van der Waals surface area contributed by atoms with Gasteiger partial charge in [0.1, 0.15) is 11.8 Å². The molecule has 2 aliphatic heterocycles. The van der Waals surface area contributed by atoms with E-state index in [1.54, 1.807) is 0 Å². The van der Waals surface area contributed by atoms with Gasteiger partial charge in [-0.1, -0.05) is 18.2 Å². The average Bonchev–Trinajstić information content (AvgIpc) is 3.28. The van der Waals surface area contributed by atoms with Gasteiger partial charge in [0, 0.05) is 25.1 Å². The third-order valence-corrected chi connectivity index (χ3v) is 5.46. The molecule has 1 unspecified atom stereocenters. The first kappa shape index (κ1) is 16.1. The van der Waals surface area contributed by atoms with Crippen LogP contribution in [0.3, 0.4) is 0 Å². The Morgan fingerprint density at radius 1 is 1.12 bits per heavy atom. The molecule has 2 aromatic rings. The van der Waals surface area contributed by atoms with Crippen LogP contribution < -0.4 is 0 Å². The Labute approximate surface area is 145 Å². The van der Waals surface area contributed by atoms with Crippen LogP contribution in [0.25, 0.3) is 11.0 Å². The molecule has 6 nitrogen and oxygen atoms in total. The number of carboxylic acid groups (broad SMARTS) is 1. The van der Waals surface area contributed by atoms with Crippen molar-refractivity contribution in [3.05, 3.63) is 36.1 Å². The van der Waals surface area contributed by atoms with Gasteiger partial charge in [-0.05, 0) is 31.2 Å². The highest BCUT2D eigenvalue weighted by Crippen LogP contribution is 2.34. The highest BCUT2D eigenvalue weighted by molar-refractivity contribution is 6.05. The number of piperidine rings is 1. The predicted molar refractivity (Wildman–Crippen MR) is 90.3 cm³/mol. The molecule has 1 aromatic carbocycles.